The maximum Gasteiger partial charge on any atom is 0.118 e. The van der Waals surface area contributed by atoms with Gasteiger partial charge in [0.15, 0.2) is 0 Å². The molecule has 86 valence electrons. The fourth-order valence-corrected chi connectivity index (χ4v) is 2.06. The highest BCUT2D eigenvalue weighted by Crippen LogP contribution is 2.27. The molecule has 0 unspecified atom stereocenters. The Bertz CT molecular complexity index is 357. The zero-order chi connectivity index (χ0) is 11.4. The Morgan fingerprint density at radius 1 is 1.38 bits per heavy atom. The van der Waals surface area contributed by atoms with Crippen molar-refractivity contribution in [2.24, 2.45) is 5.92 Å². The third-order valence-corrected chi connectivity index (χ3v) is 3.58. The number of hydrogen-bond donors (Lipinski definition) is 1. The molecule has 2 nitrogen and oxygen atoms in total. The maximum absolute atomic E-state index is 5.34. The SMILES string of the molecule is COc1ccc(CNC(=S)C2CCC2)cc1. The van der Waals surface area contributed by atoms with Crippen LogP contribution in [0.2, 0.25) is 0 Å². The van der Waals surface area contributed by atoms with E-state index in [0.717, 1.165) is 17.3 Å². The Labute approximate surface area is 102 Å². The largest absolute Gasteiger partial charge is 0.497 e. The fraction of sp³-hybridized carbons (Fsp3) is 0.462. The second-order valence-electron chi connectivity index (χ2n) is 4.19. The van der Waals surface area contributed by atoms with Gasteiger partial charge in [0.1, 0.15) is 5.75 Å². The van der Waals surface area contributed by atoms with Gasteiger partial charge in [-0.2, -0.15) is 0 Å². The molecule has 0 heterocycles. The van der Waals surface area contributed by atoms with Gasteiger partial charge in [-0.3, -0.25) is 0 Å². The fourth-order valence-electron chi connectivity index (χ4n) is 1.75. The van der Waals surface area contributed by atoms with E-state index in [1.165, 1.54) is 24.8 Å². The van der Waals surface area contributed by atoms with Crippen LogP contribution in [0, 0.1) is 5.92 Å². The zero-order valence-electron chi connectivity index (χ0n) is 9.53. The van der Waals surface area contributed by atoms with E-state index in [9.17, 15) is 0 Å². The predicted octanol–water partition coefficient (Wildman–Crippen LogP) is 2.91. The van der Waals surface area contributed by atoms with Crippen molar-refractivity contribution in [2.45, 2.75) is 25.8 Å². The smallest absolute Gasteiger partial charge is 0.118 e. The highest BCUT2D eigenvalue weighted by Gasteiger charge is 2.21. The van der Waals surface area contributed by atoms with E-state index in [2.05, 4.69) is 17.4 Å². The van der Waals surface area contributed by atoms with E-state index < -0.39 is 0 Å². The van der Waals surface area contributed by atoms with Crippen LogP contribution in [0.25, 0.3) is 0 Å². The molecule has 0 aliphatic heterocycles. The molecule has 16 heavy (non-hydrogen) atoms. The van der Waals surface area contributed by atoms with Crippen LogP contribution in [0.3, 0.4) is 0 Å². The molecule has 0 radical (unpaired) electrons. The minimum absolute atomic E-state index is 0.633. The molecule has 0 spiro atoms. The molecule has 0 aromatic heterocycles. The molecule has 0 amide bonds. The molecular weight excluding hydrogens is 218 g/mol. The zero-order valence-corrected chi connectivity index (χ0v) is 10.3. The lowest BCUT2D eigenvalue weighted by molar-refractivity contribution is 0.409. The van der Waals surface area contributed by atoms with Gasteiger partial charge in [-0.15, -0.1) is 0 Å². The van der Waals surface area contributed by atoms with Crippen LogP contribution in [0.15, 0.2) is 24.3 Å². The molecule has 1 fully saturated rings. The van der Waals surface area contributed by atoms with Crippen LogP contribution in [0.1, 0.15) is 24.8 Å². The maximum atomic E-state index is 5.34. The van der Waals surface area contributed by atoms with Gasteiger partial charge in [0.25, 0.3) is 0 Å². The molecule has 0 saturated heterocycles. The summed E-state index contributed by atoms with van der Waals surface area (Å²) in [6.45, 7) is 0.819. The Balaban J connectivity index is 1.81. The number of methoxy groups -OCH3 is 1. The third kappa shape index (κ3) is 2.73. The molecule has 0 bridgehead atoms. The van der Waals surface area contributed by atoms with Crippen molar-refractivity contribution in [3.8, 4) is 5.75 Å². The van der Waals surface area contributed by atoms with Crippen molar-refractivity contribution >= 4 is 17.2 Å². The predicted molar refractivity (Wildman–Crippen MR) is 69.8 cm³/mol. The summed E-state index contributed by atoms with van der Waals surface area (Å²) in [6.07, 6.45) is 3.85. The molecule has 1 N–H and O–H groups in total. The highest BCUT2D eigenvalue weighted by molar-refractivity contribution is 7.80. The van der Waals surface area contributed by atoms with Gasteiger partial charge in [-0.1, -0.05) is 30.8 Å². The number of ether oxygens (including phenoxy) is 1. The minimum Gasteiger partial charge on any atom is -0.497 e. The molecule has 1 aliphatic rings. The molecule has 0 atom stereocenters. The summed E-state index contributed by atoms with van der Waals surface area (Å²) in [5.41, 5.74) is 1.24. The molecule has 2 rings (SSSR count). The first kappa shape index (κ1) is 11.4. The van der Waals surface area contributed by atoms with Crippen LogP contribution in [-0.4, -0.2) is 12.1 Å². The van der Waals surface area contributed by atoms with E-state index in [-0.39, 0.29) is 0 Å². The first-order valence-electron chi connectivity index (χ1n) is 5.70. The van der Waals surface area contributed by atoms with Crippen molar-refractivity contribution in [3.63, 3.8) is 0 Å². The lowest BCUT2D eigenvalue weighted by atomic mass is 9.85. The molecule has 1 saturated carbocycles. The first-order valence-corrected chi connectivity index (χ1v) is 6.11. The summed E-state index contributed by atoms with van der Waals surface area (Å²) in [5, 5.41) is 3.33. The van der Waals surface area contributed by atoms with E-state index in [1.807, 2.05) is 12.1 Å². The monoisotopic (exact) mass is 235 g/mol. The number of benzene rings is 1. The van der Waals surface area contributed by atoms with Gasteiger partial charge in [0.05, 0.1) is 12.1 Å². The normalized spacial score (nSPS) is 15.3. The summed E-state index contributed by atoms with van der Waals surface area (Å²) in [6, 6.07) is 8.08. The molecule has 1 aromatic carbocycles. The number of rotatable bonds is 4. The van der Waals surface area contributed by atoms with Gasteiger partial charge in [0, 0.05) is 12.5 Å². The molecule has 1 aromatic rings. The average Bonchev–Trinajstić information content (AvgIpc) is 2.25. The van der Waals surface area contributed by atoms with Crippen LogP contribution in [0.5, 0.6) is 5.75 Å². The van der Waals surface area contributed by atoms with Gasteiger partial charge >= 0.3 is 0 Å². The Kier molecular flexibility index (Phi) is 3.78. The number of thiocarbonyl (C=S) groups is 1. The summed E-state index contributed by atoms with van der Waals surface area (Å²) < 4.78 is 5.11. The topological polar surface area (TPSA) is 21.3 Å². The van der Waals surface area contributed by atoms with Crippen molar-refractivity contribution < 1.29 is 4.74 Å². The van der Waals surface area contributed by atoms with Gasteiger partial charge in [-0.05, 0) is 30.5 Å². The van der Waals surface area contributed by atoms with Gasteiger partial charge in [0.2, 0.25) is 0 Å². The number of nitrogens with one attached hydrogen (secondary N) is 1. The Morgan fingerprint density at radius 3 is 2.56 bits per heavy atom. The summed E-state index contributed by atoms with van der Waals surface area (Å²) in [7, 11) is 1.68. The quantitative estimate of drug-likeness (QED) is 0.811. The van der Waals surface area contributed by atoms with Crippen molar-refractivity contribution in [2.75, 3.05) is 7.11 Å². The molecule has 1 aliphatic carbocycles. The Hall–Kier alpha value is -1.09. The summed E-state index contributed by atoms with van der Waals surface area (Å²) in [4.78, 5) is 1.03. The van der Waals surface area contributed by atoms with Crippen LogP contribution < -0.4 is 10.1 Å². The summed E-state index contributed by atoms with van der Waals surface area (Å²) >= 11 is 5.34. The van der Waals surface area contributed by atoms with E-state index in [0.29, 0.717) is 5.92 Å². The van der Waals surface area contributed by atoms with Crippen LogP contribution in [-0.2, 0) is 6.54 Å². The van der Waals surface area contributed by atoms with Crippen molar-refractivity contribution in [1.29, 1.82) is 0 Å². The van der Waals surface area contributed by atoms with Gasteiger partial charge < -0.3 is 10.1 Å². The van der Waals surface area contributed by atoms with Crippen molar-refractivity contribution in [1.82, 2.24) is 5.32 Å². The standard InChI is InChI=1S/C13H17NOS/c1-15-12-7-5-10(6-8-12)9-14-13(16)11-3-2-4-11/h5-8,11H,2-4,9H2,1H3,(H,14,16). The molecule has 3 heteroatoms. The van der Waals surface area contributed by atoms with E-state index in [4.69, 9.17) is 17.0 Å². The summed E-state index contributed by atoms with van der Waals surface area (Å²) in [5.74, 6) is 1.53. The van der Waals surface area contributed by atoms with Crippen molar-refractivity contribution in [3.05, 3.63) is 29.8 Å². The van der Waals surface area contributed by atoms with Crippen LogP contribution in [0.4, 0.5) is 0 Å². The first-order chi connectivity index (χ1) is 7.79. The lowest BCUT2D eigenvalue weighted by Gasteiger charge is -2.26. The number of hydrogen-bond acceptors (Lipinski definition) is 2. The second-order valence-corrected chi connectivity index (χ2v) is 4.63. The lowest BCUT2D eigenvalue weighted by Crippen LogP contribution is -2.32. The van der Waals surface area contributed by atoms with E-state index in [1.54, 1.807) is 7.11 Å². The van der Waals surface area contributed by atoms with Gasteiger partial charge in [-0.25, -0.2) is 0 Å². The Morgan fingerprint density at radius 2 is 2.06 bits per heavy atom. The second kappa shape index (κ2) is 5.30. The molecular formula is C13H17NOS. The minimum atomic E-state index is 0.633. The van der Waals surface area contributed by atoms with E-state index >= 15 is 0 Å². The average molecular weight is 235 g/mol. The highest BCUT2D eigenvalue weighted by atomic mass is 32.1. The van der Waals surface area contributed by atoms with Crippen LogP contribution >= 0.6 is 12.2 Å². The third-order valence-electron chi connectivity index (χ3n) is 3.10.